The van der Waals surface area contributed by atoms with E-state index in [-0.39, 0.29) is 20.6 Å². The van der Waals surface area contributed by atoms with Gasteiger partial charge in [0.15, 0.2) is 0 Å². The molecule has 0 saturated heterocycles. The predicted octanol–water partition coefficient (Wildman–Crippen LogP) is 2.40. The van der Waals surface area contributed by atoms with Gasteiger partial charge in [0.25, 0.3) is 0 Å². The molecule has 17 heavy (non-hydrogen) atoms. The molecule has 0 aliphatic rings. The predicted molar refractivity (Wildman–Crippen MR) is 75.5 cm³/mol. The molecule has 1 aromatic rings. The van der Waals surface area contributed by atoms with Gasteiger partial charge < -0.3 is 5.73 Å². The van der Waals surface area contributed by atoms with E-state index in [1.807, 2.05) is 0 Å². The minimum Gasteiger partial charge on any atom is -0.393 e. The van der Waals surface area contributed by atoms with Gasteiger partial charge in [-0.2, -0.15) is 0 Å². The molecule has 3 N–H and O–H groups in total. The van der Waals surface area contributed by atoms with Crippen molar-refractivity contribution in [1.29, 1.82) is 0 Å². The highest BCUT2D eigenvalue weighted by Crippen LogP contribution is 2.34. The zero-order valence-electron chi connectivity index (χ0n) is 8.74. The maximum absolute atomic E-state index is 11.9. The van der Waals surface area contributed by atoms with Crippen LogP contribution in [0.1, 0.15) is 13.3 Å². The van der Waals surface area contributed by atoms with E-state index in [1.165, 1.54) is 6.07 Å². The Bertz CT molecular complexity index is 527. The fraction of sp³-hybridized carbons (Fsp3) is 0.375. The van der Waals surface area contributed by atoms with Crippen LogP contribution in [-0.2, 0) is 10.0 Å². The van der Waals surface area contributed by atoms with Gasteiger partial charge in [-0.15, -0.1) is 11.3 Å². The third-order valence-corrected chi connectivity index (χ3v) is 5.29. The second-order valence-corrected chi connectivity index (χ2v) is 7.87. The average molecular weight is 333 g/mol. The van der Waals surface area contributed by atoms with Crippen LogP contribution >= 0.6 is 46.8 Å². The SMILES string of the molecule is CC(CC(N)=S)NS(=O)(=O)c1cc(Cl)sc1Cl. The van der Waals surface area contributed by atoms with Crippen LogP contribution in [0.2, 0.25) is 8.67 Å². The summed E-state index contributed by atoms with van der Waals surface area (Å²) < 4.78 is 26.7. The molecule has 0 saturated carbocycles. The fourth-order valence-corrected chi connectivity index (χ4v) is 4.82. The largest absolute Gasteiger partial charge is 0.393 e. The Labute approximate surface area is 119 Å². The lowest BCUT2D eigenvalue weighted by atomic mass is 10.3. The monoisotopic (exact) mass is 332 g/mol. The average Bonchev–Trinajstić information content (AvgIpc) is 2.42. The van der Waals surface area contributed by atoms with Crippen molar-refractivity contribution in [2.24, 2.45) is 5.73 Å². The Morgan fingerprint density at radius 1 is 1.65 bits per heavy atom. The van der Waals surface area contributed by atoms with Crippen molar-refractivity contribution in [2.75, 3.05) is 0 Å². The van der Waals surface area contributed by atoms with Gasteiger partial charge in [-0.05, 0) is 13.0 Å². The lowest BCUT2D eigenvalue weighted by molar-refractivity contribution is 0.565. The third kappa shape index (κ3) is 4.35. The van der Waals surface area contributed by atoms with Crippen molar-refractivity contribution in [3.63, 3.8) is 0 Å². The third-order valence-electron chi connectivity index (χ3n) is 1.78. The van der Waals surface area contributed by atoms with Crippen LogP contribution in [0, 0.1) is 0 Å². The minimum absolute atomic E-state index is 0.0241. The van der Waals surface area contributed by atoms with Gasteiger partial charge in [-0.1, -0.05) is 35.4 Å². The van der Waals surface area contributed by atoms with Gasteiger partial charge in [-0.3, -0.25) is 0 Å². The van der Waals surface area contributed by atoms with E-state index < -0.39 is 16.1 Å². The molecule has 0 aliphatic heterocycles. The van der Waals surface area contributed by atoms with E-state index in [4.69, 9.17) is 41.2 Å². The van der Waals surface area contributed by atoms with Crippen LogP contribution in [0.25, 0.3) is 0 Å². The molecule has 0 spiro atoms. The van der Waals surface area contributed by atoms with Crippen molar-refractivity contribution in [3.8, 4) is 0 Å². The topological polar surface area (TPSA) is 72.2 Å². The molecule has 0 aromatic carbocycles. The first kappa shape index (κ1) is 15.1. The Morgan fingerprint density at radius 3 is 2.65 bits per heavy atom. The van der Waals surface area contributed by atoms with E-state index in [1.54, 1.807) is 6.92 Å². The van der Waals surface area contributed by atoms with Crippen LogP contribution in [0.4, 0.5) is 0 Å². The number of halogens is 2. The Hall–Kier alpha value is 0.0800. The fourth-order valence-electron chi connectivity index (χ4n) is 1.18. The maximum atomic E-state index is 11.9. The molecule has 0 aliphatic carbocycles. The highest BCUT2D eigenvalue weighted by molar-refractivity contribution is 7.89. The molecule has 9 heteroatoms. The number of sulfonamides is 1. The minimum atomic E-state index is -3.69. The normalized spacial score (nSPS) is 13.6. The van der Waals surface area contributed by atoms with E-state index in [2.05, 4.69) is 4.72 Å². The summed E-state index contributed by atoms with van der Waals surface area (Å²) in [5, 5.41) is 0. The van der Waals surface area contributed by atoms with Crippen LogP contribution in [-0.4, -0.2) is 19.4 Å². The first-order valence-corrected chi connectivity index (χ1v) is 7.94. The van der Waals surface area contributed by atoms with E-state index in [0.29, 0.717) is 4.34 Å². The van der Waals surface area contributed by atoms with E-state index >= 15 is 0 Å². The molecule has 1 atom stereocenters. The zero-order valence-corrected chi connectivity index (χ0v) is 12.7. The first-order valence-electron chi connectivity index (χ1n) is 4.48. The summed E-state index contributed by atoms with van der Waals surface area (Å²) in [7, 11) is -3.69. The Balaban J connectivity index is 2.89. The lowest BCUT2D eigenvalue weighted by Gasteiger charge is -2.12. The highest BCUT2D eigenvalue weighted by Gasteiger charge is 2.23. The van der Waals surface area contributed by atoms with E-state index in [0.717, 1.165) is 11.3 Å². The van der Waals surface area contributed by atoms with Crippen molar-refractivity contribution in [2.45, 2.75) is 24.3 Å². The molecular weight excluding hydrogens is 323 g/mol. The summed E-state index contributed by atoms with van der Waals surface area (Å²) in [6.07, 6.45) is 0.282. The summed E-state index contributed by atoms with van der Waals surface area (Å²) in [4.78, 5) is 0.221. The lowest BCUT2D eigenvalue weighted by Crippen LogP contribution is -2.35. The Morgan fingerprint density at radius 2 is 2.24 bits per heavy atom. The summed E-state index contributed by atoms with van der Waals surface area (Å²) >= 11 is 17.2. The number of nitrogens with two attached hydrogens (primary N) is 1. The van der Waals surface area contributed by atoms with Crippen LogP contribution in [0.3, 0.4) is 0 Å². The van der Waals surface area contributed by atoms with Crippen molar-refractivity contribution >= 4 is 61.8 Å². The van der Waals surface area contributed by atoms with Crippen LogP contribution < -0.4 is 10.5 Å². The molecule has 1 unspecified atom stereocenters. The number of hydrogen-bond donors (Lipinski definition) is 2. The molecule has 0 fully saturated rings. The molecule has 96 valence electrons. The van der Waals surface area contributed by atoms with Crippen LogP contribution in [0.15, 0.2) is 11.0 Å². The zero-order chi connectivity index (χ0) is 13.2. The standard InChI is InChI=1S/C8H10Cl2N2O2S3/c1-4(2-7(11)15)12-17(13,14)5-3-6(9)16-8(5)10/h3-4,12H,2H2,1H3,(H2,11,15). The molecule has 1 aromatic heterocycles. The molecular formula is C8H10Cl2N2O2S3. The number of thiophene rings is 1. The number of nitrogens with one attached hydrogen (secondary N) is 1. The first-order chi connectivity index (χ1) is 7.72. The van der Waals surface area contributed by atoms with E-state index in [9.17, 15) is 8.42 Å². The molecule has 0 amide bonds. The van der Waals surface area contributed by atoms with Crippen LogP contribution in [0.5, 0.6) is 0 Å². The summed E-state index contributed by atoms with van der Waals surface area (Å²) in [6.45, 7) is 1.67. The maximum Gasteiger partial charge on any atom is 0.243 e. The van der Waals surface area contributed by atoms with Gasteiger partial charge in [0.05, 0.1) is 9.32 Å². The van der Waals surface area contributed by atoms with Gasteiger partial charge >= 0.3 is 0 Å². The second-order valence-electron chi connectivity index (χ2n) is 3.38. The van der Waals surface area contributed by atoms with Gasteiger partial charge in [-0.25, -0.2) is 13.1 Å². The van der Waals surface area contributed by atoms with Crippen molar-refractivity contribution < 1.29 is 8.42 Å². The van der Waals surface area contributed by atoms with Gasteiger partial charge in [0.2, 0.25) is 10.0 Å². The molecule has 1 rings (SSSR count). The van der Waals surface area contributed by atoms with Crippen molar-refractivity contribution in [1.82, 2.24) is 4.72 Å². The van der Waals surface area contributed by atoms with Crippen molar-refractivity contribution in [3.05, 3.63) is 14.7 Å². The Kier molecular flexibility index (Phi) is 5.18. The summed E-state index contributed by atoms with van der Waals surface area (Å²) in [5.41, 5.74) is 5.34. The number of hydrogen-bond acceptors (Lipinski definition) is 4. The molecule has 1 heterocycles. The molecule has 0 bridgehead atoms. The smallest absolute Gasteiger partial charge is 0.243 e. The van der Waals surface area contributed by atoms with Gasteiger partial charge in [0.1, 0.15) is 9.23 Å². The second kappa shape index (κ2) is 5.81. The summed E-state index contributed by atoms with van der Waals surface area (Å²) in [5.74, 6) is 0. The molecule has 0 radical (unpaired) electrons. The highest BCUT2D eigenvalue weighted by atomic mass is 35.5. The molecule has 4 nitrogen and oxygen atoms in total. The quantitative estimate of drug-likeness (QED) is 0.812. The summed E-state index contributed by atoms with van der Waals surface area (Å²) in [6, 6.07) is 0.914. The number of rotatable bonds is 5. The van der Waals surface area contributed by atoms with Gasteiger partial charge in [0, 0.05) is 12.5 Å². The number of thiocarbonyl (C=S) groups is 1.